The minimum atomic E-state index is -0.313. The lowest BCUT2D eigenvalue weighted by molar-refractivity contribution is -0.873. The van der Waals surface area contributed by atoms with E-state index >= 15 is 0 Å². The molecule has 0 atom stereocenters. The first-order chi connectivity index (χ1) is 14.8. The third-order valence-corrected chi connectivity index (χ3v) is 5.49. The van der Waals surface area contributed by atoms with E-state index in [1.807, 2.05) is 30.4 Å². The van der Waals surface area contributed by atoms with Gasteiger partial charge >= 0.3 is 5.63 Å². The van der Waals surface area contributed by atoms with E-state index in [0.29, 0.717) is 11.1 Å². The van der Waals surface area contributed by atoms with E-state index in [2.05, 4.69) is 75.1 Å². The Morgan fingerprint density at radius 1 is 0.970 bits per heavy atom. The van der Waals surface area contributed by atoms with Crippen LogP contribution in [0.2, 0.25) is 0 Å². The Hall–Kier alpha value is -1.96. The van der Waals surface area contributed by atoms with Crippen molar-refractivity contribution in [1.29, 1.82) is 0 Å². The monoisotopic (exact) mass is 579 g/mol. The van der Waals surface area contributed by atoms with Crippen molar-refractivity contribution in [3.8, 4) is 0 Å². The van der Waals surface area contributed by atoms with E-state index in [0.717, 1.165) is 53.7 Å². The summed E-state index contributed by atoms with van der Waals surface area (Å²) < 4.78 is 8.79. The van der Waals surface area contributed by atoms with Gasteiger partial charge in [-0.2, -0.15) is 0 Å². The van der Waals surface area contributed by atoms with Crippen LogP contribution in [-0.4, -0.2) is 45.3 Å². The lowest BCUT2D eigenvalue weighted by atomic mass is 10.1. The van der Waals surface area contributed by atoms with Crippen molar-refractivity contribution in [2.45, 2.75) is 26.8 Å². The van der Waals surface area contributed by atoms with Crippen molar-refractivity contribution in [3.05, 3.63) is 70.3 Å². The number of quaternary nitrogens is 1. The molecule has 0 spiro atoms. The van der Waals surface area contributed by atoms with Gasteiger partial charge < -0.3 is 47.8 Å². The van der Waals surface area contributed by atoms with E-state index < -0.39 is 0 Å². The molecule has 0 aliphatic heterocycles. The summed E-state index contributed by atoms with van der Waals surface area (Å²) in [7, 11) is 6.64. The number of aromatic nitrogens is 1. The number of hydrogen-bond donors (Lipinski definition) is 0. The predicted octanol–water partition coefficient (Wildman–Crippen LogP) is -1.80. The van der Waals surface area contributed by atoms with Gasteiger partial charge in [-0.3, -0.25) is 0 Å². The molecule has 0 saturated carbocycles. The zero-order valence-corrected chi connectivity index (χ0v) is 23.4. The molecular formula is C26H35Br2N3O2. The maximum Gasteiger partial charge on any atom is 0.343 e. The van der Waals surface area contributed by atoms with Crippen LogP contribution < -0.4 is 49.1 Å². The van der Waals surface area contributed by atoms with E-state index in [1.54, 1.807) is 0 Å². The van der Waals surface area contributed by atoms with Crippen LogP contribution in [0.15, 0.2) is 58.0 Å². The fourth-order valence-corrected chi connectivity index (χ4v) is 3.66. The SMILES string of the molecule is CCN(CC)c1ccc2cc(/C=C/c3cc[n+](CCC[N+](C)(C)C)cc3)c(=O)oc2c1.[Br-].[Br-]. The first kappa shape index (κ1) is 29.1. The minimum absolute atomic E-state index is 0. The molecule has 0 aliphatic rings. The molecule has 5 nitrogen and oxygen atoms in total. The number of anilines is 1. The van der Waals surface area contributed by atoms with Crippen molar-refractivity contribution < 1.29 is 47.4 Å². The normalized spacial score (nSPS) is 11.3. The molecule has 3 rings (SSSR count). The van der Waals surface area contributed by atoms with Crippen LogP contribution in [0.3, 0.4) is 0 Å². The summed E-state index contributed by atoms with van der Waals surface area (Å²) in [6.45, 7) is 8.22. The number of benzene rings is 1. The lowest BCUT2D eigenvalue weighted by Gasteiger charge is -2.22. The first-order valence-electron chi connectivity index (χ1n) is 11.1. The zero-order chi connectivity index (χ0) is 22.4. The molecule has 0 aliphatic carbocycles. The van der Waals surface area contributed by atoms with Gasteiger partial charge in [0.2, 0.25) is 0 Å². The van der Waals surface area contributed by atoms with Gasteiger partial charge in [-0.25, -0.2) is 9.36 Å². The smallest absolute Gasteiger partial charge is 0.343 e. The third kappa shape index (κ3) is 8.40. The van der Waals surface area contributed by atoms with Crippen LogP contribution in [0.4, 0.5) is 5.69 Å². The van der Waals surface area contributed by atoms with Gasteiger partial charge in [0.25, 0.3) is 0 Å². The summed E-state index contributed by atoms with van der Waals surface area (Å²) in [5.41, 5.74) is 3.00. The average molecular weight is 581 g/mol. The molecule has 0 radical (unpaired) electrons. The van der Waals surface area contributed by atoms with E-state index in [9.17, 15) is 4.79 Å². The molecule has 2 aromatic heterocycles. The number of rotatable bonds is 9. The largest absolute Gasteiger partial charge is 1.00 e. The molecule has 33 heavy (non-hydrogen) atoms. The second kappa shape index (κ2) is 13.1. The van der Waals surface area contributed by atoms with Crippen molar-refractivity contribution >= 4 is 28.8 Å². The average Bonchev–Trinajstić information content (AvgIpc) is 2.73. The van der Waals surface area contributed by atoms with Gasteiger partial charge in [-0.1, -0.05) is 6.08 Å². The molecule has 0 unspecified atom stereocenters. The van der Waals surface area contributed by atoms with Crippen LogP contribution in [0, 0.1) is 0 Å². The standard InChI is InChI=1S/C26H35N3O2.2BrH/c1-6-28(7-2)24-12-11-22-19-23(26(30)31-25(22)20-24)10-9-21-13-16-27(17-14-21)15-8-18-29(3,4)5;;/h9-14,16-17,19-20H,6-8,15,18H2,1-5H3;2*1H/q+2;;/p-2. The molecule has 3 aromatic rings. The number of hydrogen-bond acceptors (Lipinski definition) is 3. The van der Waals surface area contributed by atoms with Crippen LogP contribution in [0.5, 0.6) is 0 Å². The van der Waals surface area contributed by atoms with E-state index in [1.165, 1.54) is 0 Å². The minimum Gasteiger partial charge on any atom is -1.00 e. The maximum absolute atomic E-state index is 12.5. The van der Waals surface area contributed by atoms with Crippen molar-refractivity contribution in [2.24, 2.45) is 0 Å². The van der Waals surface area contributed by atoms with Gasteiger partial charge in [0.1, 0.15) is 5.58 Å². The van der Waals surface area contributed by atoms with E-state index in [4.69, 9.17) is 4.42 Å². The summed E-state index contributed by atoms with van der Waals surface area (Å²) in [4.78, 5) is 14.7. The quantitative estimate of drug-likeness (QED) is 0.170. The Labute approximate surface area is 218 Å². The molecule has 0 amide bonds. The second-order valence-corrected chi connectivity index (χ2v) is 8.95. The van der Waals surface area contributed by atoms with Gasteiger partial charge in [0, 0.05) is 42.4 Å². The predicted molar refractivity (Wildman–Crippen MR) is 129 cm³/mol. The van der Waals surface area contributed by atoms with Crippen LogP contribution in [-0.2, 0) is 6.54 Å². The van der Waals surface area contributed by atoms with Crippen molar-refractivity contribution in [1.82, 2.24) is 0 Å². The van der Waals surface area contributed by atoms with Crippen molar-refractivity contribution in [3.63, 3.8) is 0 Å². The topological polar surface area (TPSA) is 37.3 Å². The Kier molecular flexibility index (Phi) is 11.5. The van der Waals surface area contributed by atoms with Gasteiger partial charge in [-0.05, 0) is 43.7 Å². The highest BCUT2D eigenvalue weighted by atomic mass is 79.9. The number of aryl methyl sites for hydroxylation is 1. The Bertz CT molecular complexity index is 1100. The summed E-state index contributed by atoms with van der Waals surface area (Å²) in [5.74, 6) is 0. The molecule has 2 heterocycles. The lowest BCUT2D eigenvalue weighted by Crippen LogP contribution is -3.00. The van der Waals surface area contributed by atoms with Crippen LogP contribution in [0.1, 0.15) is 31.4 Å². The molecule has 0 fully saturated rings. The van der Waals surface area contributed by atoms with Crippen LogP contribution >= 0.6 is 0 Å². The molecule has 0 saturated heterocycles. The molecular weight excluding hydrogens is 546 g/mol. The Morgan fingerprint density at radius 2 is 1.64 bits per heavy atom. The van der Waals surface area contributed by atoms with Gasteiger partial charge in [-0.15, -0.1) is 0 Å². The molecule has 180 valence electrons. The highest BCUT2D eigenvalue weighted by Crippen LogP contribution is 2.22. The second-order valence-electron chi connectivity index (χ2n) is 8.95. The Balaban J connectivity index is 0.00000272. The van der Waals surface area contributed by atoms with Gasteiger partial charge in [0.15, 0.2) is 18.9 Å². The molecule has 0 N–H and O–H groups in total. The van der Waals surface area contributed by atoms with Gasteiger partial charge in [0.05, 0.1) is 39.7 Å². The summed E-state index contributed by atoms with van der Waals surface area (Å²) in [6, 6.07) is 12.1. The van der Waals surface area contributed by atoms with Crippen LogP contribution in [0.25, 0.3) is 23.1 Å². The third-order valence-electron chi connectivity index (χ3n) is 5.49. The van der Waals surface area contributed by atoms with Crippen molar-refractivity contribution in [2.75, 3.05) is 45.7 Å². The summed E-state index contributed by atoms with van der Waals surface area (Å²) in [5, 5.41) is 0.929. The molecule has 7 heteroatoms. The fourth-order valence-electron chi connectivity index (χ4n) is 3.66. The number of nitrogens with zero attached hydrogens (tertiary/aromatic N) is 3. The first-order valence-corrected chi connectivity index (χ1v) is 11.1. The zero-order valence-electron chi connectivity index (χ0n) is 20.2. The highest BCUT2D eigenvalue weighted by molar-refractivity contribution is 5.83. The number of pyridine rings is 1. The summed E-state index contributed by atoms with van der Waals surface area (Å²) >= 11 is 0. The fraction of sp³-hybridized carbons (Fsp3) is 0.385. The molecule has 1 aromatic carbocycles. The maximum atomic E-state index is 12.5. The van der Waals surface area contributed by atoms with E-state index in [-0.39, 0.29) is 39.6 Å². The Morgan fingerprint density at radius 3 is 2.24 bits per heavy atom. The summed E-state index contributed by atoms with van der Waals surface area (Å²) in [6.07, 6.45) is 9.11. The molecule has 0 bridgehead atoms. The number of fused-ring (bicyclic) bond motifs is 1. The number of halogens is 2. The highest BCUT2D eigenvalue weighted by Gasteiger charge is 2.09.